The van der Waals surface area contributed by atoms with Crippen LogP contribution in [0.3, 0.4) is 0 Å². The summed E-state index contributed by atoms with van der Waals surface area (Å²) in [4.78, 5) is 16.0. The van der Waals surface area contributed by atoms with Crippen LogP contribution in [0.25, 0.3) is 0 Å². The summed E-state index contributed by atoms with van der Waals surface area (Å²) < 4.78 is 0. The first-order chi connectivity index (χ1) is 19.0. The Kier molecular flexibility index (Phi) is 8.00. The van der Waals surface area contributed by atoms with Crippen LogP contribution in [-0.2, 0) is 5.60 Å². The quantitative estimate of drug-likeness (QED) is 0.389. The van der Waals surface area contributed by atoms with Gasteiger partial charge < -0.3 is 20.6 Å². The van der Waals surface area contributed by atoms with Crippen molar-refractivity contribution in [2.75, 3.05) is 13.1 Å². The first-order valence-electron chi connectivity index (χ1n) is 15.6. The predicted octanol–water partition coefficient (Wildman–Crippen LogP) is 6.07. The molecule has 2 aliphatic heterocycles. The number of nitrogens with one attached hydrogen (secondary N) is 2. The second-order valence-corrected chi connectivity index (χ2v) is 13.3. The van der Waals surface area contributed by atoms with Gasteiger partial charge in [-0.1, -0.05) is 60.7 Å². The first-order valence-corrected chi connectivity index (χ1v) is 15.6. The van der Waals surface area contributed by atoms with Gasteiger partial charge in [-0.2, -0.15) is 0 Å². The monoisotopic (exact) mass is 529 g/mol. The van der Waals surface area contributed by atoms with E-state index in [0.717, 1.165) is 53.7 Å². The van der Waals surface area contributed by atoms with Gasteiger partial charge in [0.1, 0.15) is 5.60 Å². The Hall–Kier alpha value is -2.37. The average molecular weight is 530 g/mol. The van der Waals surface area contributed by atoms with E-state index in [9.17, 15) is 9.90 Å². The molecule has 5 aliphatic rings. The Morgan fingerprint density at radius 2 is 1.44 bits per heavy atom. The molecule has 0 spiro atoms. The topological polar surface area (TPSA) is 64.6 Å². The summed E-state index contributed by atoms with van der Waals surface area (Å²) in [6.07, 6.45) is 13.2. The van der Waals surface area contributed by atoms with Gasteiger partial charge in [0.25, 0.3) is 0 Å². The highest BCUT2D eigenvalue weighted by Crippen LogP contribution is 2.47. The van der Waals surface area contributed by atoms with Crippen LogP contribution in [0.1, 0.15) is 82.3 Å². The summed E-state index contributed by atoms with van der Waals surface area (Å²) in [5, 5.41) is 18.2. The maximum absolute atomic E-state index is 13.1. The van der Waals surface area contributed by atoms with Crippen molar-refractivity contribution in [3.8, 4) is 0 Å². The van der Waals surface area contributed by atoms with Gasteiger partial charge in [0.2, 0.25) is 0 Å². The van der Waals surface area contributed by atoms with Gasteiger partial charge in [0.05, 0.1) is 6.04 Å². The second-order valence-electron chi connectivity index (χ2n) is 13.3. The number of amides is 2. The maximum Gasteiger partial charge on any atom is 0.315 e. The van der Waals surface area contributed by atoms with E-state index in [-0.39, 0.29) is 12.1 Å². The summed E-state index contributed by atoms with van der Waals surface area (Å²) in [7, 11) is 0. The molecule has 210 valence electrons. The summed E-state index contributed by atoms with van der Waals surface area (Å²) >= 11 is 0. The van der Waals surface area contributed by atoms with Crippen molar-refractivity contribution in [3.05, 3.63) is 71.8 Å². The molecule has 5 atom stereocenters. The van der Waals surface area contributed by atoms with Gasteiger partial charge >= 0.3 is 6.03 Å². The number of nitrogens with zero attached hydrogens (tertiary/aromatic N) is 1. The average Bonchev–Trinajstić information content (AvgIpc) is 3.15. The van der Waals surface area contributed by atoms with E-state index in [1.54, 1.807) is 0 Å². The Balaban J connectivity index is 0.987. The molecule has 3 N–H and O–H groups in total. The number of rotatable bonds is 8. The van der Waals surface area contributed by atoms with Crippen molar-refractivity contribution >= 4 is 6.03 Å². The van der Waals surface area contributed by atoms with Crippen molar-refractivity contribution in [2.24, 2.45) is 23.7 Å². The van der Waals surface area contributed by atoms with Crippen molar-refractivity contribution in [3.63, 3.8) is 0 Å². The van der Waals surface area contributed by atoms with Crippen LogP contribution >= 0.6 is 0 Å². The van der Waals surface area contributed by atoms with Gasteiger partial charge in [-0.05, 0) is 112 Å². The fourth-order valence-corrected chi connectivity index (χ4v) is 8.68. The number of benzene rings is 2. The minimum atomic E-state index is -1.32. The molecule has 2 aromatic carbocycles. The Labute approximate surface area is 234 Å². The van der Waals surface area contributed by atoms with Crippen LogP contribution in [0.15, 0.2) is 60.7 Å². The lowest BCUT2D eigenvalue weighted by molar-refractivity contribution is 0.0470. The maximum atomic E-state index is 13.1. The first kappa shape index (κ1) is 26.8. The van der Waals surface area contributed by atoms with E-state index in [1.165, 1.54) is 64.5 Å². The number of carbonyl (C=O) groups excluding carboxylic acids is 1. The number of aliphatic hydroxyl groups is 1. The predicted molar refractivity (Wildman–Crippen MR) is 156 cm³/mol. The van der Waals surface area contributed by atoms with Gasteiger partial charge in [-0.3, -0.25) is 0 Å². The SMILES string of the molecule is C[C@@H](NC(=O)N[C@H]1CC[C@H](CCN2CC3C[C@@H]4CC2C[C@H](C3)C4)CC1)C(O)(c1ccccc1)c1ccccc1. The number of hydrogen-bond donors (Lipinski definition) is 3. The molecule has 5 nitrogen and oxygen atoms in total. The molecule has 7 rings (SSSR count). The van der Waals surface area contributed by atoms with Crippen LogP contribution < -0.4 is 10.6 Å². The lowest BCUT2D eigenvalue weighted by Gasteiger charge is -2.39. The lowest BCUT2D eigenvalue weighted by Crippen LogP contribution is -2.54. The van der Waals surface area contributed by atoms with Gasteiger partial charge in [0.15, 0.2) is 0 Å². The zero-order valence-electron chi connectivity index (χ0n) is 23.6. The highest BCUT2D eigenvalue weighted by Gasteiger charge is 2.43. The van der Waals surface area contributed by atoms with Crippen LogP contribution in [0.4, 0.5) is 4.79 Å². The molecule has 2 unspecified atom stereocenters. The molecule has 3 aliphatic carbocycles. The zero-order valence-corrected chi connectivity index (χ0v) is 23.6. The third-order valence-corrected chi connectivity index (χ3v) is 10.6. The summed E-state index contributed by atoms with van der Waals surface area (Å²) in [5.74, 6) is 3.78. The Bertz CT molecular complexity index is 1030. The molecule has 2 heterocycles. The molecule has 5 heteroatoms. The Morgan fingerprint density at radius 1 is 0.872 bits per heavy atom. The molecule has 0 aromatic heterocycles. The fourth-order valence-electron chi connectivity index (χ4n) is 8.68. The molecule has 0 radical (unpaired) electrons. The van der Waals surface area contributed by atoms with Crippen LogP contribution in [0.2, 0.25) is 0 Å². The molecule has 3 saturated carbocycles. The minimum absolute atomic E-state index is 0.188. The third kappa shape index (κ3) is 5.90. The van der Waals surface area contributed by atoms with Crippen molar-refractivity contribution < 1.29 is 9.90 Å². The molecule has 4 bridgehead atoms. The Morgan fingerprint density at radius 3 is 2.03 bits per heavy atom. The summed E-state index contributed by atoms with van der Waals surface area (Å²) in [6.45, 7) is 4.52. The van der Waals surface area contributed by atoms with E-state index in [4.69, 9.17) is 0 Å². The van der Waals surface area contributed by atoms with Gasteiger partial charge in [0, 0.05) is 18.6 Å². The zero-order chi connectivity index (χ0) is 26.8. The largest absolute Gasteiger partial charge is 0.378 e. The highest BCUT2D eigenvalue weighted by atomic mass is 16.3. The van der Waals surface area contributed by atoms with E-state index < -0.39 is 11.6 Å². The third-order valence-electron chi connectivity index (χ3n) is 10.6. The smallest absolute Gasteiger partial charge is 0.315 e. The van der Waals surface area contributed by atoms with Gasteiger partial charge in [-0.25, -0.2) is 4.79 Å². The highest BCUT2D eigenvalue weighted by molar-refractivity contribution is 5.75. The molecule has 2 saturated heterocycles. The molecule has 2 amide bonds. The number of fused-ring (bicyclic) bond motifs is 1. The molecular weight excluding hydrogens is 482 g/mol. The molecule has 5 fully saturated rings. The van der Waals surface area contributed by atoms with Crippen LogP contribution in [0, 0.1) is 23.7 Å². The van der Waals surface area contributed by atoms with E-state index >= 15 is 0 Å². The molecule has 39 heavy (non-hydrogen) atoms. The normalized spacial score (nSPS) is 31.4. The minimum Gasteiger partial charge on any atom is -0.378 e. The van der Waals surface area contributed by atoms with Crippen molar-refractivity contribution in [1.29, 1.82) is 0 Å². The number of hydrogen-bond acceptors (Lipinski definition) is 3. The summed E-state index contributed by atoms with van der Waals surface area (Å²) in [5.41, 5.74) is 0.230. The lowest BCUT2D eigenvalue weighted by atomic mass is 9.68. The van der Waals surface area contributed by atoms with E-state index in [1.807, 2.05) is 67.6 Å². The van der Waals surface area contributed by atoms with E-state index in [2.05, 4.69) is 15.5 Å². The fraction of sp³-hybridized carbons (Fsp3) is 0.618. The van der Waals surface area contributed by atoms with E-state index in [0.29, 0.717) is 0 Å². The molecular formula is C34H47N3O2. The number of carbonyl (C=O) groups is 1. The number of urea groups is 1. The standard InChI is InChI=1S/C34H47N3O2/c1-24(34(39,29-8-4-2-5-9-29)30-10-6-3-7-11-30)35-33(38)36-31-14-12-25(13-15-31)16-17-37-23-28-19-26-18-27(20-28)22-32(37)21-26/h2-11,24-28,31-32,39H,12-23H2,1H3,(H2,35,36,38)/t24-,25-,26-,27+,28?,31-,32?/m1/s1. The van der Waals surface area contributed by atoms with Gasteiger partial charge in [-0.15, -0.1) is 0 Å². The summed E-state index contributed by atoms with van der Waals surface area (Å²) in [6, 6.07) is 19.7. The van der Waals surface area contributed by atoms with Crippen molar-refractivity contribution in [1.82, 2.24) is 15.5 Å². The van der Waals surface area contributed by atoms with Crippen molar-refractivity contribution in [2.45, 2.75) is 94.9 Å². The second kappa shape index (κ2) is 11.6. The van der Waals surface area contributed by atoms with Crippen LogP contribution in [0.5, 0.6) is 0 Å². The molecule has 2 aromatic rings. The van der Waals surface area contributed by atoms with Crippen LogP contribution in [-0.4, -0.2) is 47.3 Å².